The summed E-state index contributed by atoms with van der Waals surface area (Å²) in [6, 6.07) is 15.2. The van der Waals surface area contributed by atoms with Gasteiger partial charge in [-0.3, -0.25) is 0 Å². The van der Waals surface area contributed by atoms with E-state index < -0.39 is 29.2 Å². The van der Waals surface area contributed by atoms with Gasteiger partial charge in [-0.1, -0.05) is 74.5 Å². The average molecular weight is 529 g/mol. The fourth-order valence-corrected chi connectivity index (χ4v) is 4.50. The van der Waals surface area contributed by atoms with Crippen LogP contribution in [-0.4, -0.2) is 17.5 Å². The summed E-state index contributed by atoms with van der Waals surface area (Å²) < 4.78 is 48.1. The van der Waals surface area contributed by atoms with Crippen LogP contribution in [0.4, 0.5) is 23.7 Å². The molecule has 8 heteroatoms. The Bertz CT molecular complexity index is 1350. The van der Waals surface area contributed by atoms with Crippen molar-refractivity contribution in [3.63, 3.8) is 0 Å². The summed E-state index contributed by atoms with van der Waals surface area (Å²) in [5.41, 5.74) is 1.60. The van der Waals surface area contributed by atoms with E-state index in [2.05, 4.69) is 12.2 Å². The molecule has 0 saturated carbocycles. The maximum absolute atomic E-state index is 14.3. The van der Waals surface area contributed by atoms with Gasteiger partial charge in [0.15, 0.2) is 11.6 Å². The molecule has 4 rings (SSSR count). The van der Waals surface area contributed by atoms with Crippen LogP contribution < -0.4 is 5.32 Å². The molecule has 0 unspecified atom stereocenters. The average Bonchev–Trinajstić information content (AvgIpc) is 3.22. The molecule has 1 aromatic heterocycles. The third-order valence-corrected chi connectivity index (χ3v) is 6.41. The van der Waals surface area contributed by atoms with Crippen LogP contribution in [0.1, 0.15) is 44.8 Å². The van der Waals surface area contributed by atoms with E-state index >= 15 is 0 Å². The van der Waals surface area contributed by atoms with Crippen molar-refractivity contribution in [2.75, 3.05) is 11.9 Å². The molecule has 0 fully saturated rings. The molecule has 2 amide bonds. The Morgan fingerprint density at radius 1 is 0.946 bits per heavy atom. The molecule has 0 aliphatic heterocycles. The number of unbranched alkanes of at least 4 members (excludes halogenated alkanes) is 4. The smallest absolute Gasteiger partial charge is 0.322 e. The van der Waals surface area contributed by atoms with Crippen molar-refractivity contribution in [3.05, 3.63) is 88.9 Å². The van der Waals surface area contributed by atoms with Crippen LogP contribution in [0.15, 0.2) is 65.1 Å². The molecule has 0 radical (unpaired) electrons. The number of halogens is 4. The predicted octanol–water partition coefficient (Wildman–Crippen LogP) is 9.18. The molecule has 0 aliphatic rings. The molecule has 3 aromatic carbocycles. The zero-order valence-electron chi connectivity index (χ0n) is 20.5. The Hall–Kier alpha value is -3.45. The Morgan fingerprint density at radius 3 is 2.35 bits per heavy atom. The molecule has 194 valence electrons. The molecule has 0 saturated heterocycles. The normalized spacial score (nSPS) is 11.2. The lowest BCUT2D eigenvalue weighted by Crippen LogP contribution is -2.36. The first kappa shape index (κ1) is 26.6. The highest BCUT2D eigenvalue weighted by Gasteiger charge is 2.23. The van der Waals surface area contributed by atoms with Crippen LogP contribution >= 0.6 is 11.6 Å². The summed E-state index contributed by atoms with van der Waals surface area (Å²) in [6.07, 6.45) is 4.79. The Balaban J connectivity index is 1.67. The third kappa shape index (κ3) is 6.46. The van der Waals surface area contributed by atoms with E-state index in [9.17, 15) is 18.0 Å². The van der Waals surface area contributed by atoms with Crippen molar-refractivity contribution >= 4 is 34.3 Å². The largest absolute Gasteiger partial charge is 0.459 e. The van der Waals surface area contributed by atoms with Crippen LogP contribution in [-0.2, 0) is 6.54 Å². The van der Waals surface area contributed by atoms with Gasteiger partial charge in [0, 0.05) is 34.6 Å². The van der Waals surface area contributed by atoms with E-state index in [1.807, 2.05) is 36.4 Å². The quantitative estimate of drug-likeness (QED) is 0.208. The number of nitrogens with zero attached hydrogens (tertiary/aromatic N) is 1. The lowest BCUT2D eigenvalue weighted by molar-refractivity contribution is 0.203. The molecule has 1 heterocycles. The molecular formula is C29H28ClF3N2O2. The van der Waals surface area contributed by atoms with Crippen molar-refractivity contribution in [1.82, 2.24) is 4.90 Å². The van der Waals surface area contributed by atoms with Crippen molar-refractivity contribution < 1.29 is 22.4 Å². The molecule has 0 bridgehead atoms. The second kappa shape index (κ2) is 12.2. The molecule has 0 aliphatic carbocycles. The number of benzene rings is 3. The van der Waals surface area contributed by atoms with E-state index in [4.69, 9.17) is 16.0 Å². The Morgan fingerprint density at radius 2 is 1.65 bits per heavy atom. The van der Waals surface area contributed by atoms with Gasteiger partial charge in [0.25, 0.3) is 0 Å². The summed E-state index contributed by atoms with van der Waals surface area (Å²) in [7, 11) is 0. The van der Waals surface area contributed by atoms with Gasteiger partial charge >= 0.3 is 6.03 Å². The monoisotopic (exact) mass is 528 g/mol. The molecule has 0 atom stereocenters. The first-order chi connectivity index (χ1) is 17.9. The second-order valence-electron chi connectivity index (χ2n) is 8.92. The molecule has 37 heavy (non-hydrogen) atoms. The van der Waals surface area contributed by atoms with Crippen LogP contribution in [0.2, 0.25) is 5.02 Å². The number of hydrogen-bond acceptors (Lipinski definition) is 2. The number of amides is 2. The fraction of sp³-hybridized carbons (Fsp3) is 0.276. The summed E-state index contributed by atoms with van der Waals surface area (Å²) in [5, 5.41) is 3.63. The number of anilines is 1. The summed E-state index contributed by atoms with van der Waals surface area (Å²) >= 11 is 6.27. The number of carbonyl (C=O) groups is 1. The molecule has 1 N–H and O–H groups in total. The third-order valence-electron chi connectivity index (χ3n) is 6.18. The number of urea groups is 1. The van der Waals surface area contributed by atoms with Crippen molar-refractivity contribution in [3.8, 4) is 11.1 Å². The molecule has 0 spiro atoms. The standard InChI is InChI=1S/C29H28ClF3N2O2/c1-2-3-4-5-9-14-35(29(36)34-28-23(32)16-21(31)17-24(28)33)18-26-27(19-10-7-6-8-11-19)22-15-20(30)12-13-25(22)37-26/h6-8,10-13,15-17H,2-5,9,14,18H2,1H3,(H,34,36). The lowest BCUT2D eigenvalue weighted by Gasteiger charge is -2.23. The zero-order valence-corrected chi connectivity index (χ0v) is 21.3. The Labute approximate surface area is 219 Å². The highest BCUT2D eigenvalue weighted by atomic mass is 35.5. The van der Waals surface area contributed by atoms with Crippen LogP contribution in [0.5, 0.6) is 0 Å². The van der Waals surface area contributed by atoms with Crippen molar-refractivity contribution in [2.45, 2.75) is 45.6 Å². The number of rotatable bonds is 10. The fourth-order valence-electron chi connectivity index (χ4n) is 4.33. The first-order valence-electron chi connectivity index (χ1n) is 12.3. The SMILES string of the molecule is CCCCCCCN(Cc1oc2ccc(Cl)cc2c1-c1ccccc1)C(=O)Nc1c(F)cc(F)cc1F. The summed E-state index contributed by atoms with van der Waals surface area (Å²) in [5.74, 6) is -2.91. The first-order valence-corrected chi connectivity index (χ1v) is 12.7. The van der Waals surface area contributed by atoms with Crippen molar-refractivity contribution in [2.24, 2.45) is 0 Å². The van der Waals surface area contributed by atoms with Gasteiger partial charge < -0.3 is 14.6 Å². The minimum absolute atomic E-state index is 0.0561. The van der Waals surface area contributed by atoms with E-state index in [1.165, 1.54) is 4.90 Å². The molecule has 4 aromatic rings. The maximum atomic E-state index is 14.3. The van der Waals surface area contributed by atoms with E-state index in [0.29, 0.717) is 41.5 Å². The van der Waals surface area contributed by atoms with Gasteiger partial charge in [0.05, 0.1) is 6.54 Å². The van der Waals surface area contributed by atoms with Gasteiger partial charge in [-0.2, -0.15) is 0 Å². The zero-order chi connectivity index (χ0) is 26.4. The van der Waals surface area contributed by atoms with E-state index in [1.54, 1.807) is 12.1 Å². The summed E-state index contributed by atoms with van der Waals surface area (Å²) in [4.78, 5) is 14.7. The van der Waals surface area contributed by atoms with Crippen molar-refractivity contribution in [1.29, 1.82) is 0 Å². The number of furan rings is 1. The van der Waals surface area contributed by atoms with Gasteiger partial charge in [-0.15, -0.1) is 0 Å². The van der Waals surface area contributed by atoms with E-state index in [-0.39, 0.29) is 6.54 Å². The lowest BCUT2D eigenvalue weighted by atomic mass is 10.0. The van der Waals surface area contributed by atoms with Crippen LogP contribution in [0.3, 0.4) is 0 Å². The van der Waals surface area contributed by atoms with Crippen LogP contribution in [0, 0.1) is 17.5 Å². The molecular weight excluding hydrogens is 501 g/mol. The predicted molar refractivity (Wildman–Crippen MR) is 141 cm³/mol. The molecule has 4 nitrogen and oxygen atoms in total. The second-order valence-corrected chi connectivity index (χ2v) is 9.35. The number of carbonyl (C=O) groups excluding carboxylic acids is 1. The number of fused-ring (bicyclic) bond motifs is 1. The highest BCUT2D eigenvalue weighted by Crippen LogP contribution is 2.37. The minimum atomic E-state index is -1.18. The summed E-state index contributed by atoms with van der Waals surface area (Å²) in [6.45, 7) is 2.51. The van der Waals surface area contributed by atoms with Crippen LogP contribution in [0.25, 0.3) is 22.1 Å². The maximum Gasteiger partial charge on any atom is 0.322 e. The number of nitrogens with one attached hydrogen (secondary N) is 1. The highest BCUT2D eigenvalue weighted by molar-refractivity contribution is 6.31. The number of hydrogen-bond donors (Lipinski definition) is 1. The van der Waals surface area contributed by atoms with Gasteiger partial charge in [-0.05, 0) is 30.2 Å². The van der Waals surface area contributed by atoms with Gasteiger partial charge in [-0.25, -0.2) is 18.0 Å². The van der Waals surface area contributed by atoms with Gasteiger partial charge in [0.1, 0.15) is 22.8 Å². The topological polar surface area (TPSA) is 45.5 Å². The Kier molecular flexibility index (Phi) is 8.77. The minimum Gasteiger partial charge on any atom is -0.459 e. The van der Waals surface area contributed by atoms with Gasteiger partial charge in [0.2, 0.25) is 0 Å². The van der Waals surface area contributed by atoms with E-state index in [0.717, 1.165) is 42.2 Å².